The highest BCUT2D eigenvalue weighted by Crippen LogP contribution is 2.42. The summed E-state index contributed by atoms with van der Waals surface area (Å²) in [6.45, 7) is 4.55. The lowest BCUT2D eigenvalue weighted by atomic mass is 9.98. The summed E-state index contributed by atoms with van der Waals surface area (Å²) in [5, 5.41) is 4.93. The molecule has 0 aliphatic rings. The predicted molar refractivity (Wildman–Crippen MR) is 190 cm³/mol. The van der Waals surface area contributed by atoms with Gasteiger partial charge in [0.05, 0.1) is 5.69 Å². The second-order valence-corrected chi connectivity index (χ2v) is 11.5. The van der Waals surface area contributed by atoms with E-state index in [1.54, 1.807) is 0 Å². The first-order valence-electron chi connectivity index (χ1n) is 15.5. The Morgan fingerprint density at radius 1 is 0.432 bits per heavy atom. The Labute approximate surface area is 260 Å². The van der Waals surface area contributed by atoms with E-state index in [1.165, 1.54) is 32.8 Å². The van der Waals surface area contributed by atoms with Crippen LogP contribution in [0.3, 0.4) is 0 Å². The SMILES string of the molecule is CCC(C)c1ccc(N(c2ccc(N(c3ccccc3)c3ccc4ccccc4c3)cc2)c2cccc3ccccc23)cc1. The number of benzene rings is 7. The maximum Gasteiger partial charge on any atom is 0.0540 e. The summed E-state index contributed by atoms with van der Waals surface area (Å²) >= 11 is 0. The van der Waals surface area contributed by atoms with Crippen LogP contribution in [0.15, 0.2) is 164 Å². The van der Waals surface area contributed by atoms with Crippen molar-refractivity contribution in [3.05, 3.63) is 169 Å². The maximum absolute atomic E-state index is 2.38. The third-order valence-corrected chi connectivity index (χ3v) is 8.71. The first kappa shape index (κ1) is 27.5. The highest BCUT2D eigenvalue weighted by Gasteiger charge is 2.18. The quantitative estimate of drug-likeness (QED) is 0.180. The number of anilines is 6. The van der Waals surface area contributed by atoms with E-state index < -0.39 is 0 Å². The lowest BCUT2D eigenvalue weighted by Crippen LogP contribution is -2.12. The third kappa shape index (κ3) is 5.31. The van der Waals surface area contributed by atoms with Crippen LogP contribution in [0, 0.1) is 0 Å². The van der Waals surface area contributed by atoms with E-state index in [0.717, 1.165) is 34.9 Å². The van der Waals surface area contributed by atoms with Crippen LogP contribution in [0.2, 0.25) is 0 Å². The van der Waals surface area contributed by atoms with Crippen LogP contribution in [-0.4, -0.2) is 0 Å². The van der Waals surface area contributed by atoms with E-state index in [9.17, 15) is 0 Å². The molecule has 214 valence electrons. The molecule has 0 aromatic heterocycles. The van der Waals surface area contributed by atoms with Crippen molar-refractivity contribution < 1.29 is 0 Å². The van der Waals surface area contributed by atoms with Gasteiger partial charge in [0.15, 0.2) is 0 Å². The lowest BCUT2D eigenvalue weighted by Gasteiger charge is -2.29. The molecule has 0 aliphatic carbocycles. The molecule has 0 heterocycles. The van der Waals surface area contributed by atoms with Gasteiger partial charge in [-0.25, -0.2) is 0 Å². The summed E-state index contributed by atoms with van der Waals surface area (Å²) < 4.78 is 0. The first-order valence-corrected chi connectivity index (χ1v) is 15.5. The molecular formula is C42H36N2. The molecule has 7 aromatic rings. The molecule has 0 amide bonds. The molecule has 0 aliphatic heterocycles. The van der Waals surface area contributed by atoms with Crippen LogP contribution in [0.4, 0.5) is 34.1 Å². The minimum absolute atomic E-state index is 0.536. The Morgan fingerprint density at radius 2 is 0.955 bits per heavy atom. The standard InChI is InChI=1S/C42H36N2/c1-3-31(2)32-20-23-38(24-21-32)44(42-19-11-15-34-13-9-10-18-41(34)42)39-28-26-37(27-29-39)43(36-16-5-4-6-17-36)40-25-22-33-12-7-8-14-35(33)30-40/h4-31H,3H2,1-2H3. The van der Waals surface area contributed by atoms with Crippen molar-refractivity contribution in [2.75, 3.05) is 9.80 Å². The van der Waals surface area contributed by atoms with Crippen LogP contribution >= 0.6 is 0 Å². The van der Waals surface area contributed by atoms with E-state index in [2.05, 4.69) is 187 Å². The van der Waals surface area contributed by atoms with Crippen molar-refractivity contribution >= 4 is 55.7 Å². The molecule has 0 radical (unpaired) electrons. The van der Waals surface area contributed by atoms with Crippen molar-refractivity contribution in [3.63, 3.8) is 0 Å². The largest absolute Gasteiger partial charge is 0.310 e. The van der Waals surface area contributed by atoms with Crippen molar-refractivity contribution in [1.82, 2.24) is 0 Å². The molecule has 1 unspecified atom stereocenters. The topological polar surface area (TPSA) is 6.48 Å². The smallest absolute Gasteiger partial charge is 0.0540 e. The van der Waals surface area contributed by atoms with Gasteiger partial charge in [-0.05, 0) is 101 Å². The second kappa shape index (κ2) is 12.1. The number of nitrogens with zero attached hydrogens (tertiary/aromatic N) is 2. The minimum Gasteiger partial charge on any atom is -0.310 e. The highest BCUT2D eigenvalue weighted by molar-refractivity contribution is 5.99. The van der Waals surface area contributed by atoms with Crippen molar-refractivity contribution in [1.29, 1.82) is 0 Å². The van der Waals surface area contributed by atoms with E-state index in [0.29, 0.717) is 5.92 Å². The third-order valence-electron chi connectivity index (χ3n) is 8.71. The van der Waals surface area contributed by atoms with Crippen LogP contribution in [0.1, 0.15) is 31.7 Å². The average molecular weight is 569 g/mol. The molecule has 2 nitrogen and oxygen atoms in total. The molecule has 0 N–H and O–H groups in total. The zero-order chi connectivity index (χ0) is 29.9. The summed E-state index contributed by atoms with van der Waals surface area (Å²) in [5.41, 5.74) is 8.18. The summed E-state index contributed by atoms with van der Waals surface area (Å²) in [5.74, 6) is 0.536. The maximum atomic E-state index is 2.38. The highest BCUT2D eigenvalue weighted by atomic mass is 15.2. The molecule has 1 atom stereocenters. The minimum atomic E-state index is 0.536. The van der Waals surface area contributed by atoms with E-state index in [1.807, 2.05) is 0 Å². The average Bonchev–Trinajstić information content (AvgIpc) is 3.10. The number of para-hydroxylation sites is 1. The zero-order valence-electron chi connectivity index (χ0n) is 25.3. The molecule has 7 rings (SSSR count). The number of fused-ring (bicyclic) bond motifs is 2. The van der Waals surface area contributed by atoms with Gasteiger partial charge in [-0.15, -0.1) is 0 Å². The first-order chi connectivity index (χ1) is 21.7. The van der Waals surface area contributed by atoms with Gasteiger partial charge in [0.25, 0.3) is 0 Å². The Hall–Kier alpha value is -5.34. The monoisotopic (exact) mass is 568 g/mol. The van der Waals surface area contributed by atoms with Gasteiger partial charge < -0.3 is 9.80 Å². The zero-order valence-corrected chi connectivity index (χ0v) is 25.3. The van der Waals surface area contributed by atoms with E-state index in [4.69, 9.17) is 0 Å². The van der Waals surface area contributed by atoms with Crippen LogP contribution < -0.4 is 9.80 Å². The van der Waals surface area contributed by atoms with Gasteiger partial charge in [0.2, 0.25) is 0 Å². The van der Waals surface area contributed by atoms with Gasteiger partial charge in [-0.3, -0.25) is 0 Å². The van der Waals surface area contributed by atoms with E-state index >= 15 is 0 Å². The number of rotatable bonds is 8. The molecule has 0 fully saturated rings. The summed E-state index contributed by atoms with van der Waals surface area (Å²) in [4.78, 5) is 4.72. The van der Waals surface area contributed by atoms with Gasteiger partial charge in [0.1, 0.15) is 0 Å². The molecule has 0 saturated heterocycles. The molecule has 0 spiro atoms. The Kier molecular flexibility index (Phi) is 7.56. The van der Waals surface area contributed by atoms with Crippen LogP contribution in [0.25, 0.3) is 21.5 Å². The van der Waals surface area contributed by atoms with Crippen molar-refractivity contribution in [2.24, 2.45) is 0 Å². The van der Waals surface area contributed by atoms with Crippen molar-refractivity contribution in [3.8, 4) is 0 Å². The molecular weight excluding hydrogens is 532 g/mol. The Bertz CT molecular complexity index is 2010. The summed E-state index contributed by atoms with van der Waals surface area (Å²) in [6.07, 6.45) is 1.13. The summed E-state index contributed by atoms with van der Waals surface area (Å²) in [7, 11) is 0. The van der Waals surface area contributed by atoms with Crippen molar-refractivity contribution in [2.45, 2.75) is 26.2 Å². The number of hydrogen-bond donors (Lipinski definition) is 0. The van der Waals surface area contributed by atoms with Gasteiger partial charge in [-0.1, -0.05) is 111 Å². The molecule has 7 aromatic carbocycles. The molecule has 0 bridgehead atoms. The van der Waals surface area contributed by atoms with Gasteiger partial charge in [-0.2, -0.15) is 0 Å². The Morgan fingerprint density at radius 3 is 1.66 bits per heavy atom. The lowest BCUT2D eigenvalue weighted by molar-refractivity contribution is 0.733. The van der Waals surface area contributed by atoms with Crippen LogP contribution in [-0.2, 0) is 0 Å². The second-order valence-electron chi connectivity index (χ2n) is 11.5. The fraction of sp³-hybridized carbons (Fsp3) is 0.0952. The van der Waals surface area contributed by atoms with Gasteiger partial charge in [0, 0.05) is 33.8 Å². The van der Waals surface area contributed by atoms with E-state index in [-0.39, 0.29) is 0 Å². The summed E-state index contributed by atoms with van der Waals surface area (Å²) in [6, 6.07) is 59.1. The molecule has 2 heteroatoms. The predicted octanol–water partition coefficient (Wildman–Crippen LogP) is 12.4. The number of hydrogen-bond acceptors (Lipinski definition) is 2. The molecule has 44 heavy (non-hydrogen) atoms. The van der Waals surface area contributed by atoms with Gasteiger partial charge >= 0.3 is 0 Å². The van der Waals surface area contributed by atoms with Crippen LogP contribution in [0.5, 0.6) is 0 Å². The normalized spacial score (nSPS) is 11.9. The Balaban J connectivity index is 1.34. The fourth-order valence-electron chi connectivity index (χ4n) is 6.11. The fourth-order valence-corrected chi connectivity index (χ4v) is 6.11. The molecule has 0 saturated carbocycles.